The third-order valence-corrected chi connectivity index (χ3v) is 7.44. The highest BCUT2D eigenvalue weighted by atomic mass is 16.6. The molecular weight excluding hydrogens is 526 g/mol. The Labute approximate surface area is 248 Å². The summed E-state index contributed by atoms with van der Waals surface area (Å²) < 4.78 is 22.4. The first kappa shape index (κ1) is 36.9. The first-order valence-electron chi connectivity index (χ1n) is 16.2. The molecule has 9 nitrogen and oxygen atoms in total. The van der Waals surface area contributed by atoms with Gasteiger partial charge in [0.1, 0.15) is 12.2 Å². The predicted molar refractivity (Wildman–Crippen MR) is 158 cm³/mol. The topological polar surface area (TPSA) is 108 Å². The van der Waals surface area contributed by atoms with Gasteiger partial charge in [-0.2, -0.15) is 0 Å². The van der Waals surface area contributed by atoms with Crippen LogP contribution in [0.4, 0.5) is 0 Å². The highest BCUT2D eigenvalue weighted by molar-refractivity contribution is 5.71. The Morgan fingerprint density at radius 1 is 0.732 bits per heavy atom. The lowest BCUT2D eigenvalue weighted by atomic mass is 9.96. The molecule has 1 unspecified atom stereocenters. The van der Waals surface area contributed by atoms with Crippen LogP contribution in [0.5, 0.6) is 0 Å². The maximum absolute atomic E-state index is 12.9. The first-order chi connectivity index (χ1) is 19.7. The van der Waals surface area contributed by atoms with Gasteiger partial charge in [0.2, 0.25) is 0 Å². The predicted octanol–water partition coefficient (Wildman–Crippen LogP) is 6.29. The lowest BCUT2D eigenvalue weighted by molar-refractivity contribution is -0.186. The van der Waals surface area contributed by atoms with E-state index in [0.29, 0.717) is 38.1 Å². The Morgan fingerprint density at radius 2 is 1.37 bits per heavy atom. The minimum absolute atomic E-state index is 0.000652. The standard InChI is InChI=1S/C32H57NO8/c1-6-10-11-18-26-19-12-13-22-33(26)23-14-20-31(37)39-25(5)32(41-30(36)17-9-4)27(40-29(35)16-8-3)21-24-38-28(34)15-7-2/h25-27,32H,6-24H2,1-5H3/t25-,26?,27+,32+/m0/s1. The molecule has 1 saturated heterocycles. The Bertz CT molecular complexity index is 758. The molecule has 1 aliphatic heterocycles. The van der Waals surface area contributed by atoms with E-state index < -0.39 is 30.3 Å². The minimum Gasteiger partial charge on any atom is -0.466 e. The highest BCUT2D eigenvalue weighted by Gasteiger charge is 2.36. The molecule has 0 N–H and O–H groups in total. The number of hydrogen-bond acceptors (Lipinski definition) is 9. The number of carbonyl (C=O) groups excluding carboxylic acids is 4. The summed E-state index contributed by atoms with van der Waals surface area (Å²) in [6, 6.07) is 0.595. The van der Waals surface area contributed by atoms with E-state index in [9.17, 15) is 19.2 Å². The Balaban J connectivity index is 2.82. The monoisotopic (exact) mass is 583 g/mol. The van der Waals surface area contributed by atoms with Gasteiger partial charge >= 0.3 is 23.9 Å². The van der Waals surface area contributed by atoms with Crippen molar-refractivity contribution in [2.24, 2.45) is 0 Å². The molecule has 0 aromatic rings. The molecule has 0 aromatic carbocycles. The molecule has 0 radical (unpaired) electrons. The van der Waals surface area contributed by atoms with E-state index in [1.165, 1.54) is 44.9 Å². The molecule has 1 fully saturated rings. The van der Waals surface area contributed by atoms with Gasteiger partial charge in [0.25, 0.3) is 0 Å². The summed E-state index contributed by atoms with van der Waals surface area (Å²) in [6.07, 6.45) is 9.47. The molecule has 1 aliphatic rings. The average molecular weight is 584 g/mol. The molecule has 0 aromatic heterocycles. The lowest BCUT2D eigenvalue weighted by Crippen LogP contribution is -2.45. The fourth-order valence-electron chi connectivity index (χ4n) is 5.25. The maximum atomic E-state index is 12.9. The molecule has 0 aliphatic carbocycles. The van der Waals surface area contributed by atoms with Crippen molar-refractivity contribution in [2.75, 3.05) is 19.7 Å². The SMILES string of the molecule is CCCCCC1CCCCN1CCCC(=O)O[C@@H](C)[C@@H](OC(=O)CCC)[C@@H](CCOC(=O)CCC)OC(=O)CCC. The molecule has 1 rings (SSSR count). The molecular formula is C32H57NO8. The van der Waals surface area contributed by atoms with Gasteiger partial charge in [0, 0.05) is 38.1 Å². The largest absolute Gasteiger partial charge is 0.466 e. The smallest absolute Gasteiger partial charge is 0.306 e. The van der Waals surface area contributed by atoms with E-state index >= 15 is 0 Å². The molecule has 238 valence electrons. The summed E-state index contributed by atoms with van der Waals surface area (Å²) in [6.45, 7) is 11.4. The van der Waals surface area contributed by atoms with Crippen molar-refractivity contribution in [1.82, 2.24) is 4.90 Å². The van der Waals surface area contributed by atoms with E-state index in [1.54, 1.807) is 6.92 Å². The van der Waals surface area contributed by atoms with E-state index in [2.05, 4.69) is 11.8 Å². The molecule has 0 saturated carbocycles. The third kappa shape index (κ3) is 16.2. The van der Waals surface area contributed by atoms with Crippen LogP contribution < -0.4 is 0 Å². The van der Waals surface area contributed by atoms with Gasteiger partial charge in [0.15, 0.2) is 6.10 Å². The van der Waals surface area contributed by atoms with Crippen LogP contribution in [0.1, 0.15) is 137 Å². The van der Waals surface area contributed by atoms with Crippen molar-refractivity contribution >= 4 is 23.9 Å². The second-order valence-electron chi connectivity index (χ2n) is 11.2. The van der Waals surface area contributed by atoms with E-state index in [-0.39, 0.29) is 44.2 Å². The van der Waals surface area contributed by atoms with Crippen LogP contribution in [0, 0.1) is 0 Å². The second-order valence-corrected chi connectivity index (χ2v) is 11.2. The Hall–Kier alpha value is -2.16. The number of nitrogens with zero attached hydrogens (tertiary/aromatic N) is 1. The minimum atomic E-state index is -1.01. The Kier molecular flexibility index (Phi) is 20.2. The average Bonchev–Trinajstić information content (AvgIpc) is 2.92. The normalized spacial score (nSPS) is 17.7. The summed E-state index contributed by atoms with van der Waals surface area (Å²) in [5.74, 6) is -1.62. The maximum Gasteiger partial charge on any atom is 0.306 e. The zero-order valence-corrected chi connectivity index (χ0v) is 26.5. The van der Waals surface area contributed by atoms with E-state index in [0.717, 1.165) is 13.1 Å². The summed E-state index contributed by atoms with van der Waals surface area (Å²) >= 11 is 0. The Morgan fingerprint density at radius 3 is 2.02 bits per heavy atom. The fraction of sp³-hybridized carbons (Fsp3) is 0.875. The van der Waals surface area contributed by atoms with E-state index in [4.69, 9.17) is 18.9 Å². The number of rotatable bonds is 22. The van der Waals surface area contributed by atoms with Crippen LogP contribution in [-0.4, -0.2) is 72.8 Å². The van der Waals surface area contributed by atoms with Gasteiger partial charge in [-0.3, -0.25) is 19.2 Å². The van der Waals surface area contributed by atoms with Crippen LogP contribution in [0.15, 0.2) is 0 Å². The zero-order chi connectivity index (χ0) is 30.5. The highest BCUT2D eigenvalue weighted by Crippen LogP contribution is 2.23. The molecule has 4 atom stereocenters. The van der Waals surface area contributed by atoms with Gasteiger partial charge in [-0.05, 0) is 65.0 Å². The van der Waals surface area contributed by atoms with Gasteiger partial charge in [0.05, 0.1) is 6.61 Å². The fourth-order valence-corrected chi connectivity index (χ4v) is 5.25. The van der Waals surface area contributed by atoms with Crippen molar-refractivity contribution in [3.8, 4) is 0 Å². The third-order valence-electron chi connectivity index (χ3n) is 7.44. The van der Waals surface area contributed by atoms with Crippen LogP contribution in [-0.2, 0) is 38.1 Å². The molecule has 41 heavy (non-hydrogen) atoms. The van der Waals surface area contributed by atoms with Gasteiger partial charge in [-0.15, -0.1) is 0 Å². The van der Waals surface area contributed by atoms with Gasteiger partial charge < -0.3 is 23.8 Å². The van der Waals surface area contributed by atoms with Crippen molar-refractivity contribution in [3.05, 3.63) is 0 Å². The zero-order valence-electron chi connectivity index (χ0n) is 26.5. The molecule has 9 heteroatoms. The van der Waals surface area contributed by atoms with Crippen LogP contribution >= 0.6 is 0 Å². The van der Waals surface area contributed by atoms with Gasteiger partial charge in [-0.25, -0.2) is 0 Å². The number of esters is 4. The summed E-state index contributed by atoms with van der Waals surface area (Å²) in [4.78, 5) is 52.2. The number of ether oxygens (including phenoxy) is 4. The van der Waals surface area contributed by atoms with E-state index in [1.807, 2.05) is 20.8 Å². The summed E-state index contributed by atoms with van der Waals surface area (Å²) in [5, 5.41) is 0. The van der Waals surface area contributed by atoms with Crippen molar-refractivity contribution in [3.63, 3.8) is 0 Å². The first-order valence-corrected chi connectivity index (χ1v) is 16.2. The van der Waals surface area contributed by atoms with Crippen molar-refractivity contribution in [2.45, 2.75) is 162 Å². The molecule has 0 amide bonds. The molecule has 0 bridgehead atoms. The number of unbranched alkanes of at least 4 members (excludes halogenated alkanes) is 2. The van der Waals surface area contributed by atoms with Gasteiger partial charge in [-0.1, -0.05) is 53.4 Å². The van der Waals surface area contributed by atoms with Crippen molar-refractivity contribution < 1.29 is 38.1 Å². The summed E-state index contributed by atoms with van der Waals surface area (Å²) in [5.41, 5.74) is 0. The summed E-state index contributed by atoms with van der Waals surface area (Å²) in [7, 11) is 0. The molecule has 0 spiro atoms. The second kappa shape index (κ2) is 22.4. The van der Waals surface area contributed by atoms with Crippen LogP contribution in [0.3, 0.4) is 0 Å². The lowest BCUT2D eigenvalue weighted by Gasteiger charge is -2.36. The number of piperidine rings is 1. The number of carbonyl (C=O) groups is 4. The molecule has 1 heterocycles. The quantitative estimate of drug-likeness (QED) is 0.0825. The van der Waals surface area contributed by atoms with Crippen LogP contribution in [0.2, 0.25) is 0 Å². The van der Waals surface area contributed by atoms with Crippen molar-refractivity contribution in [1.29, 1.82) is 0 Å². The van der Waals surface area contributed by atoms with Crippen LogP contribution in [0.25, 0.3) is 0 Å². The number of hydrogen-bond donors (Lipinski definition) is 0. The number of likely N-dealkylation sites (tertiary alicyclic amines) is 1.